The second kappa shape index (κ2) is 9.59. The van der Waals surface area contributed by atoms with Gasteiger partial charge in [-0.3, -0.25) is 18.6 Å². The van der Waals surface area contributed by atoms with Crippen LogP contribution in [0.3, 0.4) is 0 Å². The van der Waals surface area contributed by atoms with Crippen molar-refractivity contribution >= 4 is 56.7 Å². The minimum atomic E-state index is -0.401. The minimum absolute atomic E-state index is 0.0708. The molecule has 3 aromatic heterocycles. The van der Waals surface area contributed by atoms with E-state index in [-0.39, 0.29) is 30.4 Å². The summed E-state index contributed by atoms with van der Waals surface area (Å²) >= 11 is 2.38. The summed E-state index contributed by atoms with van der Waals surface area (Å²) in [4.78, 5) is 37.9. The van der Waals surface area contributed by atoms with Gasteiger partial charge in [0.25, 0.3) is 5.56 Å². The third-order valence-electron chi connectivity index (χ3n) is 4.76. The first-order valence-corrected chi connectivity index (χ1v) is 11.9. The van der Waals surface area contributed by atoms with Gasteiger partial charge in [-0.25, -0.2) is 4.79 Å². The van der Waals surface area contributed by atoms with Crippen LogP contribution in [-0.4, -0.2) is 43.4 Å². The number of aromatic nitrogens is 4. The summed E-state index contributed by atoms with van der Waals surface area (Å²) in [5.41, 5.74) is 1.24. The Bertz CT molecular complexity index is 1440. The lowest BCUT2D eigenvalue weighted by Crippen LogP contribution is -2.22. The van der Waals surface area contributed by atoms with Crippen molar-refractivity contribution in [3.8, 4) is 0 Å². The standard InChI is InChI=1S/C22H21N5O4S2/c1-4-10-26-19(29)14-8-6-7-9-15(14)27-21(26)24-25-22(27)32-12-16(28)23-17-11-13(3)18(33-17)20(30)31-5-2/h4,6-9,11H,1,5,10,12H2,2-3H3,(H,23,28). The molecule has 0 saturated heterocycles. The van der Waals surface area contributed by atoms with Gasteiger partial charge in [0.1, 0.15) is 4.88 Å². The van der Waals surface area contributed by atoms with Crippen LogP contribution in [0.5, 0.6) is 0 Å². The zero-order valence-electron chi connectivity index (χ0n) is 18.0. The summed E-state index contributed by atoms with van der Waals surface area (Å²) in [6.45, 7) is 7.83. The molecule has 11 heteroatoms. The molecule has 1 aromatic carbocycles. The Balaban J connectivity index is 1.57. The molecule has 0 aliphatic rings. The number of thioether (sulfide) groups is 1. The number of thiophene rings is 1. The molecule has 170 valence electrons. The van der Waals surface area contributed by atoms with Crippen LogP contribution >= 0.6 is 23.1 Å². The SMILES string of the molecule is C=CCn1c(=O)c2ccccc2n2c(SCC(=O)Nc3cc(C)c(C(=O)OCC)s3)nnc12. The molecule has 0 bridgehead atoms. The van der Waals surface area contributed by atoms with Gasteiger partial charge in [-0.05, 0) is 37.6 Å². The first-order valence-electron chi connectivity index (χ1n) is 10.1. The predicted molar refractivity (Wildman–Crippen MR) is 129 cm³/mol. The first-order chi connectivity index (χ1) is 15.9. The number of rotatable bonds is 8. The van der Waals surface area contributed by atoms with Crippen LogP contribution in [0.15, 0.2) is 52.9 Å². The molecule has 0 fully saturated rings. The molecule has 3 heterocycles. The van der Waals surface area contributed by atoms with Gasteiger partial charge in [0.2, 0.25) is 11.7 Å². The lowest BCUT2D eigenvalue weighted by atomic mass is 10.2. The molecule has 0 unspecified atom stereocenters. The van der Waals surface area contributed by atoms with E-state index < -0.39 is 5.97 Å². The van der Waals surface area contributed by atoms with E-state index in [1.807, 2.05) is 12.1 Å². The second-order valence-corrected chi connectivity index (χ2v) is 9.01. The maximum Gasteiger partial charge on any atom is 0.348 e. The Morgan fingerprint density at radius 2 is 2.09 bits per heavy atom. The number of amides is 1. The van der Waals surface area contributed by atoms with Crippen LogP contribution in [0, 0.1) is 6.92 Å². The number of nitrogens with one attached hydrogen (secondary N) is 1. The van der Waals surface area contributed by atoms with Crippen LogP contribution in [0.25, 0.3) is 16.7 Å². The summed E-state index contributed by atoms with van der Waals surface area (Å²) in [7, 11) is 0. The lowest BCUT2D eigenvalue weighted by molar-refractivity contribution is -0.113. The van der Waals surface area contributed by atoms with Crippen LogP contribution < -0.4 is 10.9 Å². The molecule has 9 nitrogen and oxygen atoms in total. The van der Waals surface area contributed by atoms with Crippen molar-refractivity contribution < 1.29 is 14.3 Å². The van der Waals surface area contributed by atoms with E-state index in [0.29, 0.717) is 31.7 Å². The number of anilines is 1. The fourth-order valence-electron chi connectivity index (χ4n) is 3.37. The van der Waals surface area contributed by atoms with E-state index in [4.69, 9.17) is 4.74 Å². The van der Waals surface area contributed by atoms with Gasteiger partial charge in [0.05, 0.1) is 28.3 Å². The highest BCUT2D eigenvalue weighted by Gasteiger charge is 2.19. The van der Waals surface area contributed by atoms with Gasteiger partial charge in [-0.1, -0.05) is 30.0 Å². The molecule has 4 rings (SSSR count). The Morgan fingerprint density at radius 1 is 1.30 bits per heavy atom. The van der Waals surface area contributed by atoms with Crippen molar-refractivity contribution in [3.05, 3.63) is 63.8 Å². The molecule has 1 amide bonds. The highest BCUT2D eigenvalue weighted by molar-refractivity contribution is 7.99. The summed E-state index contributed by atoms with van der Waals surface area (Å²) in [6, 6.07) is 8.94. The van der Waals surface area contributed by atoms with Gasteiger partial charge < -0.3 is 10.1 Å². The average Bonchev–Trinajstić information content (AvgIpc) is 3.38. The molecular formula is C22H21N5O4S2. The molecule has 33 heavy (non-hydrogen) atoms. The van der Waals surface area contributed by atoms with Crippen LogP contribution in [0.1, 0.15) is 22.2 Å². The number of benzene rings is 1. The number of allylic oxidation sites excluding steroid dienone is 1. The molecule has 0 radical (unpaired) electrons. The van der Waals surface area contributed by atoms with Crippen molar-refractivity contribution in [2.75, 3.05) is 17.7 Å². The molecule has 4 aromatic rings. The number of para-hydroxylation sites is 1. The van der Waals surface area contributed by atoms with Crippen LogP contribution in [-0.2, 0) is 16.1 Å². The molecule has 0 atom stereocenters. The fourth-order valence-corrected chi connectivity index (χ4v) is 5.09. The van der Waals surface area contributed by atoms with Gasteiger partial charge in [0.15, 0.2) is 5.16 Å². The van der Waals surface area contributed by atoms with Gasteiger partial charge in [-0.2, -0.15) is 0 Å². The number of ether oxygens (including phenoxy) is 1. The Labute approximate surface area is 197 Å². The Hall–Kier alpha value is -3.44. The normalized spacial score (nSPS) is 11.1. The number of nitrogens with zero attached hydrogens (tertiary/aromatic N) is 4. The maximum absolute atomic E-state index is 12.9. The van der Waals surface area contributed by atoms with E-state index in [9.17, 15) is 14.4 Å². The van der Waals surface area contributed by atoms with E-state index in [0.717, 1.165) is 5.56 Å². The van der Waals surface area contributed by atoms with E-state index in [2.05, 4.69) is 22.1 Å². The average molecular weight is 484 g/mol. The number of hydrogen-bond acceptors (Lipinski definition) is 8. The number of carbonyl (C=O) groups excluding carboxylic acids is 2. The largest absolute Gasteiger partial charge is 0.462 e. The zero-order chi connectivity index (χ0) is 23.5. The Morgan fingerprint density at radius 3 is 2.85 bits per heavy atom. The highest BCUT2D eigenvalue weighted by Crippen LogP contribution is 2.28. The zero-order valence-corrected chi connectivity index (χ0v) is 19.7. The van der Waals surface area contributed by atoms with Crippen LogP contribution in [0.4, 0.5) is 5.00 Å². The van der Waals surface area contributed by atoms with Crippen LogP contribution in [0.2, 0.25) is 0 Å². The van der Waals surface area contributed by atoms with Crippen molar-refractivity contribution in [1.82, 2.24) is 19.2 Å². The third kappa shape index (κ3) is 4.41. The molecule has 1 N–H and O–H groups in total. The monoisotopic (exact) mass is 483 g/mol. The highest BCUT2D eigenvalue weighted by atomic mass is 32.2. The van der Waals surface area contributed by atoms with E-state index >= 15 is 0 Å². The van der Waals surface area contributed by atoms with Gasteiger partial charge in [0, 0.05) is 6.54 Å². The minimum Gasteiger partial charge on any atom is -0.462 e. The van der Waals surface area contributed by atoms with Crippen molar-refractivity contribution in [3.63, 3.8) is 0 Å². The Kier molecular flexibility index (Phi) is 6.61. The topological polar surface area (TPSA) is 108 Å². The summed E-state index contributed by atoms with van der Waals surface area (Å²) in [6.07, 6.45) is 1.62. The smallest absolute Gasteiger partial charge is 0.348 e. The summed E-state index contributed by atoms with van der Waals surface area (Å²) in [5, 5.41) is 12.8. The molecule has 0 spiro atoms. The van der Waals surface area contributed by atoms with E-state index in [1.165, 1.54) is 27.7 Å². The van der Waals surface area contributed by atoms with Crippen molar-refractivity contribution in [1.29, 1.82) is 0 Å². The third-order valence-corrected chi connectivity index (χ3v) is 6.83. The summed E-state index contributed by atoms with van der Waals surface area (Å²) in [5.74, 6) is -0.199. The number of fused-ring (bicyclic) bond motifs is 3. The van der Waals surface area contributed by atoms with Crippen molar-refractivity contribution in [2.24, 2.45) is 0 Å². The first kappa shape index (κ1) is 22.7. The number of esters is 1. The number of carbonyl (C=O) groups is 2. The molecule has 0 aliphatic carbocycles. The lowest BCUT2D eigenvalue weighted by Gasteiger charge is -2.09. The predicted octanol–water partition coefficient (Wildman–Crippen LogP) is 3.51. The molecule has 0 aliphatic heterocycles. The number of hydrogen-bond donors (Lipinski definition) is 1. The van der Waals surface area contributed by atoms with Gasteiger partial charge in [-0.15, -0.1) is 28.1 Å². The van der Waals surface area contributed by atoms with Gasteiger partial charge >= 0.3 is 5.97 Å². The maximum atomic E-state index is 12.9. The molecular weight excluding hydrogens is 462 g/mol. The fraction of sp³-hybridized carbons (Fsp3) is 0.227. The van der Waals surface area contributed by atoms with E-state index in [1.54, 1.807) is 42.5 Å². The quantitative estimate of drug-likeness (QED) is 0.232. The molecule has 0 saturated carbocycles. The number of aryl methyl sites for hydroxylation is 1. The van der Waals surface area contributed by atoms with Crippen molar-refractivity contribution in [2.45, 2.75) is 25.5 Å². The summed E-state index contributed by atoms with van der Waals surface area (Å²) < 4.78 is 8.31. The second-order valence-electron chi connectivity index (χ2n) is 7.02.